The molecular formula is C6H6N4O2. The Labute approximate surface area is 65.9 Å². The molecule has 0 aliphatic rings. The number of aromatic nitrogens is 4. The molecule has 62 valence electrons. The second-order valence-electron chi connectivity index (χ2n) is 2.46. The first-order valence-corrected chi connectivity index (χ1v) is 3.32. The molecule has 0 bridgehead atoms. The second kappa shape index (κ2) is 2.07. The molecule has 0 aliphatic carbocycles. The van der Waals surface area contributed by atoms with Crippen molar-refractivity contribution in [2.45, 2.75) is 0 Å². The lowest BCUT2D eigenvalue weighted by Crippen LogP contribution is -2.10. The Kier molecular flexibility index (Phi) is 1.18. The Hall–Kier alpha value is -1.85. The summed E-state index contributed by atoms with van der Waals surface area (Å²) in [6.45, 7) is 0. The molecule has 12 heavy (non-hydrogen) atoms. The number of imidazole rings is 1. The van der Waals surface area contributed by atoms with Crippen LogP contribution in [0.2, 0.25) is 0 Å². The highest BCUT2D eigenvalue weighted by molar-refractivity contribution is 5.68. The first-order chi connectivity index (χ1) is 5.68. The predicted molar refractivity (Wildman–Crippen MR) is 42.0 cm³/mol. The van der Waals surface area contributed by atoms with E-state index in [0.29, 0.717) is 5.65 Å². The molecule has 0 radical (unpaired) electrons. The molecule has 6 nitrogen and oxygen atoms in total. The molecule has 0 aliphatic heterocycles. The molecule has 0 saturated carbocycles. The standard InChI is InChI=1S/C6H6N4O2/c1-10-2-7-5(11)3-4(10)9-6(12)8-3/h2H,1H3,(H2,8,9,12). The SMILES string of the molecule is Cn1cnc(=O)c2[nH]c(=O)[nH]c21. The van der Waals surface area contributed by atoms with Gasteiger partial charge in [0.15, 0.2) is 5.52 Å². The van der Waals surface area contributed by atoms with Crippen LogP contribution in [0, 0.1) is 0 Å². The molecule has 2 heterocycles. The van der Waals surface area contributed by atoms with E-state index >= 15 is 0 Å². The van der Waals surface area contributed by atoms with Gasteiger partial charge in [0, 0.05) is 7.05 Å². The smallest absolute Gasteiger partial charge is 0.320 e. The zero-order chi connectivity index (χ0) is 8.72. The predicted octanol–water partition coefficient (Wildman–Crippen LogP) is -1.05. The van der Waals surface area contributed by atoms with Gasteiger partial charge in [0.1, 0.15) is 12.0 Å². The summed E-state index contributed by atoms with van der Waals surface area (Å²) in [7, 11) is 1.69. The number of nitrogens with one attached hydrogen (secondary N) is 2. The Morgan fingerprint density at radius 1 is 1.42 bits per heavy atom. The van der Waals surface area contributed by atoms with Crippen LogP contribution in [0.25, 0.3) is 11.2 Å². The first kappa shape index (κ1) is 6.84. The van der Waals surface area contributed by atoms with Gasteiger partial charge in [-0.2, -0.15) is 4.98 Å². The lowest BCUT2D eigenvalue weighted by molar-refractivity contribution is 0.887. The number of aromatic amines is 2. The number of hydrogen-bond donors (Lipinski definition) is 2. The summed E-state index contributed by atoms with van der Waals surface area (Å²) >= 11 is 0. The van der Waals surface area contributed by atoms with Crippen LogP contribution in [0.4, 0.5) is 0 Å². The monoisotopic (exact) mass is 166 g/mol. The van der Waals surface area contributed by atoms with Gasteiger partial charge in [-0.25, -0.2) is 4.79 Å². The van der Waals surface area contributed by atoms with Gasteiger partial charge in [0.05, 0.1) is 0 Å². The third kappa shape index (κ3) is 0.777. The van der Waals surface area contributed by atoms with Crippen molar-refractivity contribution in [3.8, 4) is 0 Å². The molecule has 6 heteroatoms. The summed E-state index contributed by atoms with van der Waals surface area (Å²) in [6.07, 6.45) is 1.36. The van der Waals surface area contributed by atoms with Gasteiger partial charge in [-0.05, 0) is 0 Å². The van der Waals surface area contributed by atoms with E-state index in [1.165, 1.54) is 6.33 Å². The summed E-state index contributed by atoms with van der Waals surface area (Å²) in [5, 5.41) is 0. The highest BCUT2D eigenvalue weighted by Gasteiger charge is 2.03. The quantitative estimate of drug-likeness (QED) is 0.523. The highest BCUT2D eigenvalue weighted by Crippen LogP contribution is 1.95. The van der Waals surface area contributed by atoms with Crippen molar-refractivity contribution in [2.24, 2.45) is 7.05 Å². The third-order valence-electron chi connectivity index (χ3n) is 1.62. The van der Waals surface area contributed by atoms with Gasteiger partial charge in [-0.1, -0.05) is 0 Å². The van der Waals surface area contributed by atoms with Gasteiger partial charge in [0.25, 0.3) is 5.56 Å². The van der Waals surface area contributed by atoms with E-state index in [-0.39, 0.29) is 5.52 Å². The zero-order valence-electron chi connectivity index (χ0n) is 6.29. The van der Waals surface area contributed by atoms with Crippen molar-refractivity contribution in [2.75, 3.05) is 0 Å². The van der Waals surface area contributed by atoms with E-state index in [1.54, 1.807) is 11.6 Å². The first-order valence-electron chi connectivity index (χ1n) is 3.32. The van der Waals surface area contributed by atoms with E-state index in [2.05, 4.69) is 15.0 Å². The molecular weight excluding hydrogens is 160 g/mol. The lowest BCUT2D eigenvalue weighted by atomic mass is 10.5. The normalized spacial score (nSPS) is 10.8. The Morgan fingerprint density at radius 3 is 2.83 bits per heavy atom. The molecule has 2 N–H and O–H groups in total. The summed E-state index contributed by atoms with van der Waals surface area (Å²) < 4.78 is 1.56. The van der Waals surface area contributed by atoms with Crippen LogP contribution >= 0.6 is 0 Å². The van der Waals surface area contributed by atoms with Crippen LogP contribution in [0.3, 0.4) is 0 Å². The molecule has 2 aromatic heterocycles. The van der Waals surface area contributed by atoms with Gasteiger partial charge in [0.2, 0.25) is 0 Å². The minimum Gasteiger partial charge on any atom is -0.320 e. The fourth-order valence-corrected chi connectivity index (χ4v) is 1.05. The molecule has 0 spiro atoms. The van der Waals surface area contributed by atoms with Gasteiger partial charge in [-0.15, -0.1) is 0 Å². The summed E-state index contributed by atoms with van der Waals surface area (Å²) in [6, 6.07) is 0. The van der Waals surface area contributed by atoms with Crippen LogP contribution in [-0.4, -0.2) is 19.5 Å². The zero-order valence-corrected chi connectivity index (χ0v) is 6.29. The van der Waals surface area contributed by atoms with Gasteiger partial charge in [-0.3, -0.25) is 14.8 Å². The number of rotatable bonds is 0. The Morgan fingerprint density at radius 2 is 2.17 bits per heavy atom. The van der Waals surface area contributed by atoms with E-state index in [1.807, 2.05) is 0 Å². The Bertz CT molecular complexity index is 532. The maximum Gasteiger partial charge on any atom is 0.325 e. The van der Waals surface area contributed by atoms with E-state index in [0.717, 1.165) is 0 Å². The second-order valence-corrected chi connectivity index (χ2v) is 2.46. The van der Waals surface area contributed by atoms with Crippen molar-refractivity contribution < 1.29 is 0 Å². The minimum atomic E-state index is -0.429. The van der Waals surface area contributed by atoms with Crippen molar-refractivity contribution in [1.82, 2.24) is 19.5 Å². The average molecular weight is 166 g/mol. The number of hydrogen-bond acceptors (Lipinski definition) is 3. The molecule has 0 amide bonds. The maximum atomic E-state index is 11.0. The average Bonchev–Trinajstić information content (AvgIpc) is 2.41. The van der Waals surface area contributed by atoms with Crippen molar-refractivity contribution in [3.05, 3.63) is 27.2 Å². The molecule has 0 aromatic carbocycles. The van der Waals surface area contributed by atoms with Crippen molar-refractivity contribution in [1.29, 1.82) is 0 Å². The topological polar surface area (TPSA) is 83.5 Å². The Balaban J connectivity index is 3.14. The van der Waals surface area contributed by atoms with E-state index in [9.17, 15) is 9.59 Å². The molecule has 0 saturated heterocycles. The van der Waals surface area contributed by atoms with Crippen LogP contribution in [0.15, 0.2) is 15.9 Å². The molecule has 0 unspecified atom stereocenters. The van der Waals surface area contributed by atoms with Crippen LogP contribution in [0.1, 0.15) is 0 Å². The summed E-state index contributed by atoms with van der Waals surface area (Å²) in [5.41, 5.74) is -0.155. The van der Waals surface area contributed by atoms with Gasteiger partial charge < -0.3 is 4.57 Å². The summed E-state index contributed by atoms with van der Waals surface area (Å²) in [5.74, 6) is 0. The lowest BCUT2D eigenvalue weighted by Gasteiger charge is -1.95. The van der Waals surface area contributed by atoms with E-state index < -0.39 is 11.2 Å². The fourth-order valence-electron chi connectivity index (χ4n) is 1.05. The molecule has 0 fully saturated rings. The number of aryl methyl sites for hydroxylation is 1. The van der Waals surface area contributed by atoms with Crippen molar-refractivity contribution in [3.63, 3.8) is 0 Å². The third-order valence-corrected chi connectivity index (χ3v) is 1.62. The fraction of sp³-hybridized carbons (Fsp3) is 0.167. The van der Waals surface area contributed by atoms with E-state index in [4.69, 9.17) is 0 Å². The number of fused-ring (bicyclic) bond motifs is 1. The molecule has 2 aromatic rings. The van der Waals surface area contributed by atoms with Gasteiger partial charge >= 0.3 is 5.69 Å². The number of H-pyrrole nitrogens is 2. The highest BCUT2D eigenvalue weighted by atomic mass is 16.1. The number of nitrogens with zero attached hydrogens (tertiary/aromatic N) is 2. The van der Waals surface area contributed by atoms with Crippen LogP contribution < -0.4 is 11.2 Å². The minimum absolute atomic E-state index is 0.213. The van der Waals surface area contributed by atoms with Crippen LogP contribution in [0.5, 0.6) is 0 Å². The van der Waals surface area contributed by atoms with Crippen LogP contribution in [-0.2, 0) is 7.05 Å². The summed E-state index contributed by atoms with van der Waals surface area (Å²) in [4.78, 5) is 30.2. The molecule has 0 atom stereocenters. The maximum absolute atomic E-state index is 11.0. The largest absolute Gasteiger partial charge is 0.325 e. The molecule has 2 rings (SSSR count). The van der Waals surface area contributed by atoms with Crippen molar-refractivity contribution >= 4 is 11.2 Å².